The molecule has 14 heteroatoms. The van der Waals surface area contributed by atoms with E-state index in [1.165, 1.54) is 70.6 Å². The summed E-state index contributed by atoms with van der Waals surface area (Å²) >= 11 is 0. The summed E-state index contributed by atoms with van der Waals surface area (Å²) in [5.41, 5.74) is 11.0. The highest BCUT2D eigenvalue weighted by Gasteiger charge is 2.32. The SMILES string of the molecule is CCc1cc(Cc2cc(C)c(N3C(=O)C=CC3=O)c(CC)c2)cc(C)c1N1C(=O)C=CC1=O.O=C1C=CC(=O)C1c1ccc(Cc2ccc(N3C(=O)C=CC3=O)cc2)cc1.O=C1C=CC(=O)N1c1ccccc1. The first-order chi connectivity index (χ1) is 35.1. The second-order valence-corrected chi connectivity index (χ2v) is 17.6. The van der Waals surface area contributed by atoms with E-state index in [4.69, 9.17) is 0 Å². The van der Waals surface area contributed by atoms with E-state index in [1.807, 2.05) is 94.4 Å². The molecule has 5 aromatic rings. The van der Waals surface area contributed by atoms with Gasteiger partial charge in [0, 0.05) is 48.6 Å². The Bertz CT molecular complexity index is 3050. The minimum absolute atomic E-state index is 0.177. The molecule has 10 rings (SSSR count). The Morgan fingerprint density at radius 1 is 0.356 bits per heavy atom. The minimum atomic E-state index is -0.706. The van der Waals surface area contributed by atoms with Crippen LogP contribution in [-0.4, -0.2) is 58.8 Å². The van der Waals surface area contributed by atoms with Crippen molar-refractivity contribution in [2.45, 2.75) is 59.3 Å². The highest BCUT2D eigenvalue weighted by molar-refractivity contribution is 6.30. The second-order valence-electron chi connectivity index (χ2n) is 17.6. The van der Waals surface area contributed by atoms with Crippen molar-refractivity contribution < 1.29 is 47.9 Å². The van der Waals surface area contributed by atoms with E-state index in [0.29, 0.717) is 54.0 Å². The van der Waals surface area contributed by atoms with E-state index in [-0.39, 0.29) is 58.8 Å². The third kappa shape index (κ3) is 10.6. The molecule has 4 aliphatic heterocycles. The van der Waals surface area contributed by atoms with Gasteiger partial charge in [-0.2, -0.15) is 0 Å². The number of allylic oxidation sites excluding steroid dienone is 2. The largest absolute Gasteiger partial charge is 0.294 e. The average Bonchev–Trinajstić information content (AvgIpc) is 4.18. The zero-order valence-electron chi connectivity index (χ0n) is 40.4. The number of anilines is 4. The van der Waals surface area contributed by atoms with Crippen LogP contribution in [0.4, 0.5) is 22.7 Å². The first kappa shape index (κ1) is 50.1. The molecular weight excluding hydrogens is 925 g/mol. The molecule has 0 spiro atoms. The van der Waals surface area contributed by atoms with Crippen molar-refractivity contribution in [2.75, 3.05) is 19.6 Å². The molecule has 5 aromatic carbocycles. The molecule has 4 heterocycles. The number of carbonyl (C=O) groups excluding carboxylic acids is 10. The molecule has 0 unspecified atom stereocenters. The number of para-hydroxylation sites is 1. The third-order valence-electron chi connectivity index (χ3n) is 12.6. The Hall–Kier alpha value is -9.30. The molecule has 8 amide bonds. The number of ketones is 2. The first-order valence-corrected chi connectivity index (χ1v) is 23.5. The molecular formula is C59H48N4O10. The molecule has 0 bridgehead atoms. The van der Waals surface area contributed by atoms with Crippen LogP contribution in [0.3, 0.4) is 0 Å². The maximum atomic E-state index is 12.2. The first-order valence-electron chi connectivity index (χ1n) is 23.5. The molecule has 14 nitrogen and oxygen atoms in total. The number of nitrogens with zero attached hydrogens (tertiary/aromatic N) is 4. The molecule has 0 atom stereocenters. The van der Waals surface area contributed by atoms with E-state index in [2.05, 4.69) is 0 Å². The topological polar surface area (TPSA) is 184 Å². The van der Waals surface area contributed by atoms with Gasteiger partial charge in [0.2, 0.25) is 0 Å². The van der Waals surface area contributed by atoms with Crippen molar-refractivity contribution in [3.05, 3.63) is 214 Å². The van der Waals surface area contributed by atoms with Crippen molar-refractivity contribution in [1.29, 1.82) is 0 Å². The number of benzene rings is 5. The summed E-state index contributed by atoms with van der Waals surface area (Å²) in [6.45, 7) is 7.85. The summed E-state index contributed by atoms with van der Waals surface area (Å²) in [6.07, 6.45) is 15.6. The fraction of sp³-hybridized carbons (Fsp3) is 0.153. The van der Waals surface area contributed by atoms with Crippen molar-refractivity contribution in [3.63, 3.8) is 0 Å². The average molecular weight is 973 g/mol. The van der Waals surface area contributed by atoms with Gasteiger partial charge in [-0.3, -0.25) is 47.9 Å². The minimum Gasteiger partial charge on any atom is -0.294 e. The molecule has 0 saturated heterocycles. The van der Waals surface area contributed by atoms with Gasteiger partial charge in [0.15, 0.2) is 11.6 Å². The molecule has 0 fully saturated rings. The predicted octanol–water partition coefficient (Wildman–Crippen LogP) is 7.49. The Morgan fingerprint density at radius 3 is 1.05 bits per heavy atom. The lowest BCUT2D eigenvalue weighted by molar-refractivity contribution is -0.123. The zero-order valence-corrected chi connectivity index (χ0v) is 40.4. The zero-order chi connectivity index (χ0) is 52.1. The van der Waals surface area contributed by atoms with E-state index in [1.54, 1.807) is 36.4 Å². The van der Waals surface area contributed by atoms with Crippen molar-refractivity contribution in [1.82, 2.24) is 0 Å². The smallest absolute Gasteiger partial charge is 0.258 e. The van der Waals surface area contributed by atoms with Crippen LogP contribution in [0.25, 0.3) is 0 Å². The number of hydrogen-bond acceptors (Lipinski definition) is 10. The molecule has 73 heavy (non-hydrogen) atoms. The summed E-state index contributed by atoms with van der Waals surface area (Å²) in [6, 6.07) is 31.6. The number of imide groups is 4. The summed E-state index contributed by atoms with van der Waals surface area (Å²) in [4.78, 5) is 123. The van der Waals surface area contributed by atoms with Crippen LogP contribution < -0.4 is 19.6 Å². The lowest BCUT2D eigenvalue weighted by Crippen LogP contribution is -2.31. The Balaban J connectivity index is 0.000000159. The van der Waals surface area contributed by atoms with Crippen molar-refractivity contribution in [3.8, 4) is 0 Å². The van der Waals surface area contributed by atoms with Crippen LogP contribution in [0, 0.1) is 13.8 Å². The van der Waals surface area contributed by atoms with Gasteiger partial charge in [-0.25, -0.2) is 19.6 Å². The van der Waals surface area contributed by atoms with Gasteiger partial charge in [0.05, 0.1) is 22.7 Å². The summed E-state index contributed by atoms with van der Waals surface area (Å²) in [5, 5.41) is 0. The fourth-order valence-electron chi connectivity index (χ4n) is 9.27. The molecule has 0 saturated carbocycles. The number of hydrogen-bond donors (Lipinski definition) is 0. The Kier molecular flexibility index (Phi) is 14.7. The maximum Gasteiger partial charge on any atom is 0.258 e. The normalized spacial score (nSPS) is 16.0. The number of rotatable bonds is 11. The highest BCUT2D eigenvalue weighted by Crippen LogP contribution is 2.34. The standard InChI is InChI=1S/C27H26N2O4.C22H15NO4.C10H7NO2/c1-5-20-14-18(11-16(3)26(20)28-22(30)7-8-23(28)31)13-19-12-17(4)27(21(6-2)15-19)29-24(32)9-10-25(29)33;24-18-9-10-19(25)22(18)16-5-1-14(2-6-16)13-15-3-7-17(8-4-15)23-20(26)11-12-21(23)27;12-9-6-7-10(13)11(9)8-4-2-1-3-5-8/h7-12,14-15H,5-6,13H2,1-4H3;1-12,22H,13H2;1-7H. The van der Waals surface area contributed by atoms with Gasteiger partial charge >= 0.3 is 0 Å². The number of carbonyl (C=O) groups is 10. The van der Waals surface area contributed by atoms with Gasteiger partial charge in [-0.1, -0.05) is 92.7 Å². The molecule has 0 radical (unpaired) electrons. The highest BCUT2D eigenvalue weighted by atomic mass is 16.2. The van der Waals surface area contributed by atoms with Crippen LogP contribution in [0.5, 0.6) is 0 Å². The van der Waals surface area contributed by atoms with E-state index >= 15 is 0 Å². The van der Waals surface area contributed by atoms with Gasteiger partial charge in [-0.05, 0) is 126 Å². The second kappa shape index (κ2) is 21.4. The van der Waals surface area contributed by atoms with Crippen LogP contribution in [0.15, 0.2) is 164 Å². The van der Waals surface area contributed by atoms with Crippen LogP contribution in [-0.2, 0) is 73.6 Å². The van der Waals surface area contributed by atoms with E-state index in [0.717, 1.165) is 54.3 Å². The van der Waals surface area contributed by atoms with Crippen LogP contribution >= 0.6 is 0 Å². The monoisotopic (exact) mass is 972 g/mol. The number of amides is 8. The predicted molar refractivity (Wildman–Crippen MR) is 274 cm³/mol. The molecule has 0 aromatic heterocycles. The molecule has 1 aliphatic carbocycles. The summed E-state index contributed by atoms with van der Waals surface area (Å²) in [7, 11) is 0. The van der Waals surface area contributed by atoms with Gasteiger partial charge in [0.25, 0.3) is 47.3 Å². The quantitative estimate of drug-likeness (QED) is 0.0950. The molecule has 0 N–H and O–H groups in total. The Morgan fingerprint density at radius 2 is 0.685 bits per heavy atom. The lowest BCUT2D eigenvalue weighted by atomic mass is 9.93. The third-order valence-corrected chi connectivity index (χ3v) is 12.6. The molecule has 5 aliphatic rings. The summed E-state index contributed by atoms with van der Waals surface area (Å²) in [5.74, 6) is -3.56. The van der Waals surface area contributed by atoms with Gasteiger partial charge in [-0.15, -0.1) is 0 Å². The van der Waals surface area contributed by atoms with E-state index in [9.17, 15) is 47.9 Å². The maximum absolute atomic E-state index is 12.2. The van der Waals surface area contributed by atoms with Crippen LogP contribution in [0.1, 0.15) is 69.8 Å². The number of aryl methyl sites for hydroxylation is 4. The fourth-order valence-corrected chi connectivity index (χ4v) is 9.27. The van der Waals surface area contributed by atoms with Crippen molar-refractivity contribution >= 4 is 81.6 Å². The van der Waals surface area contributed by atoms with E-state index < -0.39 is 5.92 Å². The van der Waals surface area contributed by atoms with Crippen molar-refractivity contribution in [2.24, 2.45) is 0 Å². The van der Waals surface area contributed by atoms with Crippen LogP contribution in [0.2, 0.25) is 0 Å². The molecule has 364 valence electrons. The summed E-state index contributed by atoms with van der Waals surface area (Å²) < 4.78 is 0. The lowest BCUT2D eigenvalue weighted by Gasteiger charge is -2.23. The van der Waals surface area contributed by atoms with Gasteiger partial charge < -0.3 is 0 Å². The van der Waals surface area contributed by atoms with Gasteiger partial charge in [0.1, 0.15) is 5.92 Å². The Labute approximate surface area is 420 Å².